The van der Waals surface area contributed by atoms with E-state index in [2.05, 4.69) is 0 Å². The maximum absolute atomic E-state index is 12.9. The zero-order valence-electron chi connectivity index (χ0n) is 17.6. The van der Waals surface area contributed by atoms with Gasteiger partial charge in [-0.25, -0.2) is 4.79 Å². The molecule has 8 nitrogen and oxygen atoms in total. The number of ether oxygens (including phenoxy) is 2. The van der Waals surface area contributed by atoms with Crippen LogP contribution in [0.3, 0.4) is 0 Å². The summed E-state index contributed by atoms with van der Waals surface area (Å²) in [6.45, 7) is 1.54. The van der Waals surface area contributed by atoms with Crippen molar-refractivity contribution >= 4 is 11.0 Å². The molecule has 0 amide bonds. The Balaban J connectivity index is 1.98. The lowest BCUT2D eigenvalue weighted by Gasteiger charge is -2.14. The first-order valence-electron chi connectivity index (χ1n) is 9.66. The normalized spacial score (nSPS) is 11.0. The summed E-state index contributed by atoms with van der Waals surface area (Å²) >= 11 is 0. The van der Waals surface area contributed by atoms with Gasteiger partial charge in [0.1, 0.15) is 28.6 Å². The molecule has 32 heavy (non-hydrogen) atoms. The summed E-state index contributed by atoms with van der Waals surface area (Å²) in [5, 5.41) is 20.8. The van der Waals surface area contributed by atoms with Crippen molar-refractivity contribution < 1.29 is 28.5 Å². The second kappa shape index (κ2) is 8.14. The number of methoxy groups -OCH3 is 2. The van der Waals surface area contributed by atoms with Gasteiger partial charge in [0.15, 0.2) is 16.9 Å². The molecule has 2 heterocycles. The summed E-state index contributed by atoms with van der Waals surface area (Å²) in [7, 11) is 2.89. The van der Waals surface area contributed by atoms with Crippen LogP contribution in [0.1, 0.15) is 16.9 Å². The van der Waals surface area contributed by atoms with Crippen molar-refractivity contribution in [2.45, 2.75) is 13.3 Å². The Bertz CT molecular complexity index is 1430. The molecule has 0 aliphatic carbocycles. The second-order valence-electron chi connectivity index (χ2n) is 7.17. The maximum atomic E-state index is 12.9. The first-order chi connectivity index (χ1) is 15.3. The van der Waals surface area contributed by atoms with Crippen LogP contribution < -0.4 is 20.5 Å². The van der Waals surface area contributed by atoms with Gasteiger partial charge in [0.2, 0.25) is 0 Å². The molecule has 0 aliphatic heterocycles. The highest BCUT2D eigenvalue weighted by molar-refractivity contribution is 5.86. The van der Waals surface area contributed by atoms with Gasteiger partial charge < -0.3 is 28.5 Å². The van der Waals surface area contributed by atoms with Crippen molar-refractivity contribution in [3.8, 4) is 34.3 Å². The molecule has 0 saturated heterocycles. The number of phenols is 1. The molecule has 4 aromatic rings. The van der Waals surface area contributed by atoms with Gasteiger partial charge in [-0.15, -0.1) is 0 Å². The van der Waals surface area contributed by atoms with Gasteiger partial charge >= 0.3 is 5.63 Å². The Morgan fingerprint density at radius 1 is 0.875 bits per heavy atom. The minimum atomic E-state index is -0.741. The van der Waals surface area contributed by atoms with Gasteiger partial charge in [0.25, 0.3) is 0 Å². The summed E-state index contributed by atoms with van der Waals surface area (Å²) in [5.41, 5.74) is -0.219. The van der Waals surface area contributed by atoms with Crippen molar-refractivity contribution in [2.75, 3.05) is 14.2 Å². The molecular formula is C24H20O8. The van der Waals surface area contributed by atoms with E-state index in [9.17, 15) is 19.8 Å². The highest BCUT2D eigenvalue weighted by atomic mass is 16.5. The topological polar surface area (TPSA) is 119 Å². The maximum Gasteiger partial charge on any atom is 0.343 e. The van der Waals surface area contributed by atoms with Crippen molar-refractivity contribution in [1.29, 1.82) is 0 Å². The number of hydrogen-bond acceptors (Lipinski definition) is 8. The van der Waals surface area contributed by atoms with Gasteiger partial charge in [0.05, 0.1) is 25.2 Å². The summed E-state index contributed by atoms with van der Waals surface area (Å²) in [4.78, 5) is 25.2. The highest BCUT2D eigenvalue weighted by Gasteiger charge is 2.22. The molecule has 164 valence electrons. The van der Waals surface area contributed by atoms with E-state index in [-0.39, 0.29) is 57.3 Å². The Hall–Kier alpha value is -4.20. The minimum absolute atomic E-state index is 0.0203. The van der Waals surface area contributed by atoms with E-state index in [4.69, 9.17) is 18.3 Å². The lowest BCUT2D eigenvalue weighted by molar-refractivity contribution is 0.369. The first-order valence-corrected chi connectivity index (χ1v) is 9.66. The molecule has 0 fully saturated rings. The molecule has 0 saturated carbocycles. The van der Waals surface area contributed by atoms with Crippen LogP contribution in [0.4, 0.5) is 0 Å². The molecule has 0 atom stereocenters. The monoisotopic (exact) mass is 436 g/mol. The summed E-state index contributed by atoms with van der Waals surface area (Å²) in [6, 6.07) is 10.8. The van der Waals surface area contributed by atoms with Crippen molar-refractivity contribution in [3.63, 3.8) is 0 Å². The van der Waals surface area contributed by atoms with E-state index in [0.717, 1.165) is 0 Å². The van der Waals surface area contributed by atoms with Crippen LogP contribution in [0, 0.1) is 6.92 Å². The van der Waals surface area contributed by atoms with Gasteiger partial charge in [-0.2, -0.15) is 0 Å². The van der Waals surface area contributed by atoms with Crippen molar-refractivity contribution in [1.82, 2.24) is 0 Å². The molecule has 2 aromatic heterocycles. The third kappa shape index (κ3) is 3.66. The number of aromatic hydroxyl groups is 2. The Kier molecular flexibility index (Phi) is 5.36. The largest absolute Gasteiger partial charge is 0.507 e. The lowest BCUT2D eigenvalue weighted by atomic mass is 10.0. The van der Waals surface area contributed by atoms with Crippen LogP contribution in [0.5, 0.6) is 23.0 Å². The third-order valence-corrected chi connectivity index (χ3v) is 5.13. The molecule has 0 unspecified atom stereocenters. The third-order valence-electron chi connectivity index (χ3n) is 5.13. The number of fused-ring (bicyclic) bond motifs is 1. The van der Waals surface area contributed by atoms with Crippen LogP contribution in [-0.2, 0) is 6.42 Å². The van der Waals surface area contributed by atoms with Crippen LogP contribution in [0.15, 0.2) is 60.9 Å². The van der Waals surface area contributed by atoms with Gasteiger partial charge in [-0.1, -0.05) is 0 Å². The fourth-order valence-corrected chi connectivity index (χ4v) is 3.57. The van der Waals surface area contributed by atoms with E-state index in [1.165, 1.54) is 32.2 Å². The second-order valence-corrected chi connectivity index (χ2v) is 7.17. The number of hydrogen-bond donors (Lipinski definition) is 2. The molecule has 0 radical (unpaired) electrons. The molecular weight excluding hydrogens is 416 g/mol. The zero-order chi connectivity index (χ0) is 23.0. The summed E-state index contributed by atoms with van der Waals surface area (Å²) < 4.78 is 21.6. The number of rotatable bonds is 5. The molecule has 4 rings (SSSR count). The number of phenolic OH excluding ortho intramolecular Hbond substituents is 1. The molecule has 8 heteroatoms. The zero-order valence-corrected chi connectivity index (χ0v) is 17.6. The summed E-state index contributed by atoms with van der Waals surface area (Å²) in [5.74, 6) is 0.621. The van der Waals surface area contributed by atoms with Crippen LogP contribution in [0.25, 0.3) is 22.3 Å². The van der Waals surface area contributed by atoms with Crippen molar-refractivity contribution in [3.05, 3.63) is 80.0 Å². The Labute approximate surface area is 181 Å². The molecule has 2 aromatic carbocycles. The van der Waals surface area contributed by atoms with Crippen LogP contribution in [0.2, 0.25) is 0 Å². The standard InChI is InChI=1S/C24H20O8/c1-12-8-18(25)16(24(28)31-12)9-17-22-15(10-20(27)23(17)30-3)19(26)11-21(32-22)13-4-6-14(29-2)7-5-13/h4-8,10-11,25,27H,9H2,1-3H3. The quantitative estimate of drug-likeness (QED) is 0.486. The molecule has 0 spiro atoms. The molecule has 0 bridgehead atoms. The van der Waals surface area contributed by atoms with E-state index in [1.54, 1.807) is 31.4 Å². The van der Waals surface area contributed by atoms with Crippen LogP contribution in [-0.4, -0.2) is 24.4 Å². The van der Waals surface area contributed by atoms with Gasteiger partial charge in [-0.05, 0) is 37.3 Å². The lowest BCUT2D eigenvalue weighted by Crippen LogP contribution is -2.11. The fourth-order valence-electron chi connectivity index (χ4n) is 3.57. The average Bonchev–Trinajstić information content (AvgIpc) is 2.76. The van der Waals surface area contributed by atoms with Gasteiger partial charge in [-0.3, -0.25) is 4.79 Å². The summed E-state index contributed by atoms with van der Waals surface area (Å²) in [6.07, 6.45) is -0.197. The molecule has 2 N–H and O–H groups in total. The Morgan fingerprint density at radius 2 is 1.59 bits per heavy atom. The van der Waals surface area contributed by atoms with E-state index in [0.29, 0.717) is 11.3 Å². The first kappa shape index (κ1) is 21.0. The predicted molar refractivity (Wildman–Crippen MR) is 117 cm³/mol. The van der Waals surface area contributed by atoms with E-state index >= 15 is 0 Å². The number of aryl methyl sites for hydroxylation is 1. The van der Waals surface area contributed by atoms with Gasteiger partial charge in [0, 0.05) is 29.7 Å². The predicted octanol–water partition coefficient (Wildman–Crippen LogP) is 3.74. The van der Waals surface area contributed by atoms with Crippen molar-refractivity contribution in [2.24, 2.45) is 0 Å². The smallest absolute Gasteiger partial charge is 0.343 e. The van der Waals surface area contributed by atoms with E-state index < -0.39 is 11.1 Å². The average molecular weight is 436 g/mol. The molecule has 0 aliphatic rings. The fraction of sp³-hybridized carbons (Fsp3) is 0.167. The Morgan fingerprint density at radius 3 is 2.22 bits per heavy atom. The number of benzene rings is 2. The minimum Gasteiger partial charge on any atom is -0.507 e. The van der Waals surface area contributed by atoms with E-state index in [1.807, 2.05) is 0 Å². The highest BCUT2D eigenvalue weighted by Crippen LogP contribution is 2.39. The van der Waals surface area contributed by atoms with Crippen LogP contribution >= 0.6 is 0 Å². The SMILES string of the molecule is COc1ccc(-c2cc(=O)c3cc(O)c(OC)c(Cc4c(O)cc(C)oc4=O)c3o2)cc1.